The smallest absolute Gasteiger partial charge is 0.261 e. The monoisotopic (exact) mass is 382 g/mol. The van der Waals surface area contributed by atoms with Crippen LogP contribution in [0.1, 0.15) is 25.3 Å². The minimum absolute atomic E-state index is 0.00221. The van der Waals surface area contributed by atoms with Crippen molar-refractivity contribution >= 4 is 25.7 Å². The lowest BCUT2D eigenvalue weighted by atomic mass is 10.1. The summed E-state index contributed by atoms with van der Waals surface area (Å²) in [6, 6.07) is 12.3. The molecule has 2 rings (SSSR count). The summed E-state index contributed by atoms with van der Waals surface area (Å²) in [5.41, 5.74) is 1.62. The third kappa shape index (κ3) is 5.04. The molecule has 0 saturated heterocycles. The van der Waals surface area contributed by atoms with E-state index in [1.807, 2.05) is 12.1 Å². The first kappa shape index (κ1) is 19.4. The number of nitrogens with one attached hydrogen (secondary N) is 2. The highest BCUT2D eigenvalue weighted by Crippen LogP contribution is 2.19. The Kier molecular flexibility index (Phi) is 6.21. The lowest BCUT2D eigenvalue weighted by Crippen LogP contribution is -2.19. The number of hydrogen-bond donors (Lipinski definition) is 2. The molecular weight excluding hydrogens is 360 g/mol. The van der Waals surface area contributed by atoms with E-state index < -0.39 is 20.0 Å². The molecule has 0 amide bonds. The Morgan fingerprint density at radius 2 is 1.32 bits per heavy atom. The first-order chi connectivity index (χ1) is 11.8. The van der Waals surface area contributed by atoms with Gasteiger partial charge in [0.15, 0.2) is 0 Å². The van der Waals surface area contributed by atoms with Gasteiger partial charge in [-0.05, 0) is 61.9 Å². The van der Waals surface area contributed by atoms with Crippen molar-refractivity contribution in [1.29, 1.82) is 0 Å². The molecule has 0 aromatic heterocycles. The van der Waals surface area contributed by atoms with Gasteiger partial charge in [-0.2, -0.15) is 0 Å². The van der Waals surface area contributed by atoms with Crippen molar-refractivity contribution in [3.63, 3.8) is 0 Å². The summed E-state index contributed by atoms with van der Waals surface area (Å²) in [4.78, 5) is 0.00633. The number of aryl methyl sites for hydroxylation is 1. The zero-order valence-electron chi connectivity index (χ0n) is 14.2. The molecule has 0 fully saturated rings. The Labute approximate surface area is 149 Å². The molecule has 6 nitrogen and oxygen atoms in total. The van der Waals surface area contributed by atoms with Gasteiger partial charge in [-0.1, -0.05) is 25.5 Å². The van der Waals surface area contributed by atoms with Crippen LogP contribution in [0.4, 0.5) is 5.69 Å². The van der Waals surface area contributed by atoms with E-state index in [9.17, 15) is 16.8 Å². The van der Waals surface area contributed by atoms with Crippen LogP contribution in [0.15, 0.2) is 58.3 Å². The molecule has 0 aliphatic rings. The van der Waals surface area contributed by atoms with E-state index in [4.69, 9.17) is 0 Å². The molecule has 136 valence electrons. The van der Waals surface area contributed by atoms with E-state index in [0.717, 1.165) is 24.8 Å². The Morgan fingerprint density at radius 1 is 0.800 bits per heavy atom. The van der Waals surface area contributed by atoms with Crippen LogP contribution >= 0.6 is 0 Å². The van der Waals surface area contributed by atoms with Crippen molar-refractivity contribution in [3.8, 4) is 0 Å². The zero-order chi connectivity index (χ0) is 18.5. The number of hydrogen-bond acceptors (Lipinski definition) is 4. The van der Waals surface area contributed by atoms with Crippen molar-refractivity contribution in [2.24, 2.45) is 0 Å². The summed E-state index contributed by atoms with van der Waals surface area (Å²) in [6.07, 6.45) is 3.16. The van der Waals surface area contributed by atoms with Crippen LogP contribution in [0.25, 0.3) is 0 Å². The topological polar surface area (TPSA) is 92.3 Å². The lowest BCUT2D eigenvalue weighted by Gasteiger charge is -2.10. The van der Waals surface area contributed by atoms with Gasteiger partial charge in [0.2, 0.25) is 10.0 Å². The van der Waals surface area contributed by atoms with Crippen LogP contribution in [0.3, 0.4) is 0 Å². The molecule has 0 aliphatic carbocycles. The average molecular weight is 383 g/mol. The molecule has 0 saturated carbocycles. The fraction of sp³-hybridized carbons (Fsp3) is 0.294. The number of sulfonamides is 2. The van der Waals surface area contributed by atoms with Crippen molar-refractivity contribution in [2.75, 3.05) is 11.8 Å². The van der Waals surface area contributed by atoms with Crippen molar-refractivity contribution in [2.45, 2.75) is 36.0 Å². The van der Waals surface area contributed by atoms with Crippen molar-refractivity contribution < 1.29 is 16.8 Å². The zero-order valence-corrected chi connectivity index (χ0v) is 15.8. The first-order valence-corrected chi connectivity index (χ1v) is 10.9. The highest BCUT2D eigenvalue weighted by molar-refractivity contribution is 7.92. The number of unbranched alkanes of at least 4 members (excludes halogenated alkanes) is 1. The maximum atomic E-state index is 12.4. The van der Waals surface area contributed by atoms with Gasteiger partial charge in [0.05, 0.1) is 9.79 Å². The van der Waals surface area contributed by atoms with Crippen LogP contribution in [-0.2, 0) is 26.5 Å². The largest absolute Gasteiger partial charge is 0.280 e. The van der Waals surface area contributed by atoms with Gasteiger partial charge in [-0.15, -0.1) is 0 Å². The minimum atomic E-state index is -3.78. The molecule has 0 unspecified atom stereocenters. The molecule has 0 bridgehead atoms. The second-order valence-corrected chi connectivity index (χ2v) is 9.15. The summed E-state index contributed by atoms with van der Waals surface area (Å²) in [7, 11) is -6.08. The summed E-state index contributed by atoms with van der Waals surface area (Å²) >= 11 is 0. The van der Waals surface area contributed by atoms with Gasteiger partial charge in [-0.3, -0.25) is 4.72 Å². The van der Waals surface area contributed by atoms with Crippen LogP contribution in [0.5, 0.6) is 0 Å². The Bertz CT molecular complexity index is 904. The number of benzene rings is 2. The molecule has 0 atom stereocenters. The van der Waals surface area contributed by atoms with Gasteiger partial charge >= 0.3 is 0 Å². The van der Waals surface area contributed by atoms with E-state index in [1.165, 1.54) is 31.3 Å². The molecule has 2 N–H and O–H groups in total. The average Bonchev–Trinajstić information content (AvgIpc) is 2.61. The van der Waals surface area contributed by atoms with E-state index in [2.05, 4.69) is 16.4 Å². The first-order valence-electron chi connectivity index (χ1n) is 7.94. The van der Waals surface area contributed by atoms with E-state index >= 15 is 0 Å². The second-order valence-electron chi connectivity index (χ2n) is 5.58. The van der Waals surface area contributed by atoms with E-state index in [0.29, 0.717) is 5.69 Å². The molecule has 8 heteroatoms. The van der Waals surface area contributed by atoms with Crippen LogP contribution in [0.2, 0.25) is 0 Å². The fourth-order valence-electron chi connectivity index (χ4n) is 2.25. The Hall–Kier alpha value is -1.90. The minimum Gasteiger partial charge on any atom is -0.280 e. The predicted octanol–water partition coefficient (Wildman–Crippen LogP) is 2.74. The number of anilines is 1. The third-order valence-electron chi connectivity index (χ3n) is 3.74. The van der Waals surface area contributed by atoms with Crippen molar-refractivity contribution in [3.05, 3.63) is 54.1 Å². The van der Waals surface area contributed by atoms with Gasteiger partial charge in [-0.25, -0.2) is 21.6 Å². The number of rotatable bonds is 8. The van der Waals surface area contributed by atoms with E-state index in [-0.39, 0.29) is 9.79 Å². The van der Waals surface area contributed by atoms with Gasteiger partial charge in [0.25, 0.3) is 10.0 Å². The highest BCUT2D eigenvalue weighted by Gasteiger charge is 2.17. The standard InChI is InChI=1S/C17H22N2O4S2/c1-3-4-5-14-6-8-15(9-7-14)19-25(22,23)17-12-10-16(11-13-17)24(20,21)18-2/h6-13,18-19H,3-5H2,1-2H3. The molecule has 0 aliphatic heterocycles. The van der Waals surface area contributed by atoms with Crippen molar-refractivity contribution in [1.82, 2.24) is 4.72 Å². The SMILES string of the molecule is CCCCc1ccc(NS(=O)(=O)c2ccc(S(=O)(=O)NC)cc2)cc1. The molecule has 2 aromatic carbocycles. The normalized spacial score (nSPS) is 12.1. The maximum Gasteiger partial charge on any atom is 0.261 e. The van der Waals surface area contributed by atoms with E-state index in [1.54, 1.807) is 12.1 Å². The summed E-state index contributed by atoms with van der Waals surface area (Å²) in [6.45, 7) is 2.12. The lowest BCUT2D eigenvalue weighted by molar-refractivity contribution is 0.587. The molecule has 25 heavy (non-hydrogen) atoms. The fourth-order valence-corrected chi connectivity index (χ4v) is 4.04. The third-order valence-corrected chi connectivity index (χ3v) is 6.57. The highest BCUT2D eigenvalue weighted by atomic mass is 32.2. The predicted molar refractivity (Wildman–Crippen MR) is 98.6 cm³/mol. The summed E-state index contributed by atoms with van der Waals surface area (Å²) in [5, 5.41) is 0. The summed E-state index contributed by atoms with van der Waals surface area (Å²) < 4.78 is 52.9. The van der Waals surface area contributed by atoms with Gasteiger partial charge in [0.1, 0.15) is 0 Å². The molecule has 0 radical (unpaired) electrons. The quantitative estimate of drug-likeness (QED) is 0.734. The Morgan fingerprint density at radius 3 is 1.80 bits per heavy atom. The molecule has 0 heterocycles. The van der Waals surface area contributed by atoms with Gasteiger partial charge < -0.3 is 0 Å². The van der Waals surface area contributed by atoms with Crippen LogP contribution in [-0.4, -0.2) is 23.9 Å². The maximum absolute atomic E-state index is 12.4. The molecule has 0 spiro atoms. The van der Waals surface area contributed by atoms with Crippen LogP contribution < -0.4 is 9.44 Å². The van der Waals surface area contributed by atoms with Crippen LogP contribution in [0, 0.1) is 0 Å². The van der Waals surface area contributed by atoms with Gasteiger partial charge in [0, 0.05) is 5.69 Å². The Balaban J connectivity index is 2.16. The second kappa shape index (κ2) is 7.99. The molecule has 2 aromatic rings. The summed E-state index contributed by atoms with van der Waals surface area (Å²) in [5.74, 6) is 0. The molecular formula is C17H22N2O4S2.